The quantitative estimate of drug-likeness (QED) is 0.552. The van der Waals surface area contributed by atoms with E-state index in [0.717, 1.165) is 47.2 Å². The first-order valence-corrected chi connectivity index (χ1v) is 10.3. The van der Waals surface area contributed by atoms with Crippen molar-refractivity contribution in [3.05, 3.63) is 46.1 Å². The van der Waals surface area contributed by atoms with Gasteiger partial charge in [0.05, 0.1) is 5.39 Å². The summed E-state index contributed by atoms with van der Waals surface area (Å²) in [5.41, 5.74) is 1.68. The Bertz CT molecular complexity index is 983. The fraction of sp³-hybridized carbons (Fsp3) is 0.350. The molecule has 1 aliphatic carbocycles. The molecule has 5 nitrogen and oxygen atoms in total. The maximum atomic E-state index is 12.7. The van der Waals surface area contributed by atoms with Crippen LogP contribution in [0.1, 0.15) is 47.3 Å². The maximum Gasteiger partial charge on any atom is 0.348 e. The highest BCUT2D eigenvalue weighted by atomic mass is 35.5. The average molecular weight is 402 g/mol. The molecule has 0 radical (unpaired) electrons. The molecule has 140 valence electrons. The number of anilines is 2. The fourth-order valence-corrected chi connectivity index (χ4v) is 4.67. The Labute approximate surface area is 166 Å². The minimum absolute atomic E-state index is 0.0333. The Morgan fingerprint density at radius 1 is 1.26 bits per heavy atom. The summed E-state index contributed by atoms with van der Waals surface area (Å²) in [7, 11) is 0. The molecule has 0 spiro atoms. The average Bonchev–Trinajstić information content (AvgIpc) is 3.00. The van der Waals surface area contributed by atoms with E-state index in [1.54, 1.807) is 0 Å². The number of nitrogens with one attached hydrogen (secondary N) is 1. The number of hydrogen-bond acceptors (Lipinski definition) is 6. The standard InChI is InChI=1S/C20H20ClN3O2S/c1-12-16-18(24-14-7-5-6-13(21)10-14)22-11-23-19(16)27-17(12)20(25)26-15-8-3-2-4-9-15/h5-7,10-11,15H,2-4,8-9H2,1H3,(H,22,23,24). The van der Waals surface area contributed by atoms with E-state index in [1.165, 1.54) is 24.1 Å². The molecule has 27 heavy (non-hydrogen) atoms. The molecular formula is C20H20ClN3O2S. The van der Waals surface area contributed by atoms with E-state index in [0.29, 0.717) is 15.7 Å². The molecule has 1 fully saturated rings. The van der Waals surface area contributed by atoms with Crippen LogP contribution in [0.4, 0.5) is 11.5 Å². The molecule has 2 aromatic heterocycles. The first-order valence-electron chi connectivity index (χ1n) is 9.09. The lowest BCUT2D eigenvalue weighted by atomic mass is 9.98. The largest absolute Gasteiger partial charge is 0.458 e. The van der Waals surface area contributed by atoms with Crippen molar-refractivity contribution < 1.29 is 9.53 Å². The predicted molar refractivity (Wildman–Crippen MR) is 109 cm³/mol. The minimum Gasteiger partial charge on any atom is -0.458 e. The first kappa shape index (κ1) is 18.2. The van der Waals surface area contributed by atoms with Crippen molar-refractivity contribution in [3.8, 4) is 0 Å². The van der Waals surface area contributed by atoms with Crippen LogP contribution in [0.15, 0.2) is 30.6 Å². The van der Waals surface area contributed by atoms with Gasteiger partial charge in [0.15, 0.2) is 0 Å². The summed E-state index contributed by atoms with van der Waals surface area (Å²) in [5.74, 6) is 0.406. The van der Waals surface area contributed by atoms with Gasteiger partial charge in [-0.3, -0.25) is 0 Å². The highest BCUT2D eigenvalue weighted by molar-refractivity contribution is 7.20. The number of esters is 1. The van der Waals surface area contributed by atoms with Crippen LogP contribution < -0.4 is 5.32 Å². The zero-order chi connectivity index (χ0) is 18.8. The second-order valence-corrected chi connectivity index (χ2v) is 8.19. The van der Waals surface area contributed by atoms with Gasteiger partial charge in [-0.25, -0.2) is 14.8 Å². The van der Waals surface area contributed by atoms with E-state index in [2.05, 4.69) is 15.3 Å². The number of aromatic nitrogens is 2. The van der Waals surface area contributed by atoms with Crippen LogP contribution in [0.2, 0.25) is 5.02 Å². The lowest BCUT2D eigenvalue weighted by Gasteiger charge is -2.21. The second kappa shape index (κ2) is 7.82. The molecule has 0 saturated heterocycles. The Morgan fingerprint density at radius 3 is 2.85 bits per heavy atom. The third-order valence-electron chi connectivity index (χ3n) is 4.83. The Balaban J connectivity index is 1.64. The van der Waals surface area contributed by atoms with E-state index in [1.807, 2.05) is 31.2 Å². The van der Waals surface area contributed by atoms with Crippen LogP contribution in [-0.2, 0) is 4.74 Å². The summed E-state index contributed by atoms with van der Waals surface area (Å²) < 4.78 is 5.75. The molecule has 1 aromatic carbocycles. The summed E-state index contributed by atoms with van der Waals surface area (Å²) >= 11 is 7.42. The minimum atomic E-state index is -0.254. The van der Waals surface area contributed by atoms with Crippen molar-refractivity contribution in [1.82, 2.24) is 9.97 Å². The third kappa shape index (κ3) is 3.92. The Morgan fingerprint density at radius 2 is 2.07 bits per heavy atom. The number of halogens is 1. The maximum absolute atomic E-state index is 12.7. The zero-order valence-electron chi connectivity index (χ0n) is 15.0. The van der Waals surface area contributed by atoms with E-state index < -0.39 is 0 Å². The summed E-state index contributed by atoms with van der Waals surface area (Å²) in [6.45, 7) is 1.92. The van der Waals surface area contributed by atoms with Gasteiger partial charge in [-0.15, -0.1) is 11.3 Å². The number of ether oxygens (including phenoxy) is 1. The van der Waals surface area contributed by atoms with Gasteiger partial charge in [-0.1, -0.05) is 24.1 Å². The van der Waals surface area contributed by atoms with Gasteiger partial charge in [-0.05, 0) is 56.4 Å². The van der Waals surface area contributed by atoms with E-state index >= 15 is 0 Å². The number of aryl methyl sites for hydroxylation is 1. The highest BCUT2D eigenvalue weighted by Crippen LogP contribution is 2.35. The molecule has 0 aliphatic heterocycles. The topological polar surface area (TPSA) is 64.1 Å². The number of thiophene rings is 1. The molecule has 7 heteroatoms. The van der Waals surface area contributed by atoms with Crippen LogP contribution in [-0.4, -0.2) is 22.0 Å². The van der Waals surface area contributed by atoms with Crippen LogP contribution in [0, 0.1) is 6.92 Å². The second-order valence-electron chi connectivity index (χ2n) is 6.76. The van der Waals surface area contributed by atoms with Crippen LogP contribution in [0.25, 0.3) is 10.2 Å². The zero-order valence-corrected chi connectivity index (χ0v) is 16.6. The number of fused-ring (bicyclic) bond motifs is 1. The van der Waals surface area contributed by atoms with Crippen molar-refractivity contribution in [2.75, 3.05) is 5.32 Å². The first-order chi connectivity index (χ1) is 13.1. The van der Waals surface area contributed by atoms with Crippen LogP contribution in [0.5, 0.6) is 0 Å². The van der Waals surface area contributed by atoms with Crippen molar-refractivity contribution in [1.29, 1.82) is 0 Å². The van der Waals surface area contributed by atoms with Gasteiger partial charge < -0.3 is 10.1 Å². The molecule has 0 unspecified atom stereocenters. The monoisotopic (exact) mass is 401 g/mol. The lowest BCUT2D eigenvalue weighted by Crippen LogP contribution is -2.20. The molecule has 0 amide bonds. The molecular weight excluding hydrogens is 382 g/mol. The van der Waals surface area contributed by atoms with Gasteiger partial charge in [-0.2, -0.15) is 0 Å². The Kier molecular flexibility index (Phi) is 5.27. The van der Waals surface area contributed by atoms with E-state index in [-0.39, 0.29) is 12.1 Å². The molecule has 1 N–H and O–H groups in total. The van der Waals surface area contributed by atoms with Gasteiger partial charge in [0.25, 0.3) is 0 Å². The number of nitrogens with zero attached hydrogens (tertiary/aromatic N) is 2. The van der Waals surface area contributed by atoms with Gasteiger partial charge in [0.2, 0.25) is 0 Å². The third-order valence-corrected chi connectivity index (χ3v) is 6.24. The van der Waals surface area contributed by atoms with Crippen molar-refractivity contribution >= 4 is 50.6 Å². The van der Waals surface area contributed by atoms with Crippen molar-refractivity contribution in [3.63, 3.8) is 0 Å². The molecule has 0 bridgehead atoms. The summed E-state index contributed by atoms with van der Waals surface area (Å²) in [6.07, 6.45) is 6.93. The molecule has 0 atom stereocenters. The normalized spacial score (nSPS) is 15.0. The van der Waals surface area contributed by atoms with Crippen molar-refractivity contribution in [2.24, 2.45) is 0 Å². The number of carbonyl (C=O) groups excluding carboxylic acids is 1. The number of benzene rings is 1. The summed E-state index contributed by atoms with van der Waals surface area (Å²) in [4.78, 5) is 22.8. The van der Waals surface area contributed by atoms with Gasteiger partial charge in [0, 0.05) is 10.7 Å². The van der Waals surface area contributed by atoms with E-state index in [9.17, 15) is 4.79 Å². The van der Waals surface area contributed by atoms with Gasteiger partial charge in [0.1, 0.15) is 28.0 Å². The molecule has 1 saturated carbocycles. The SMILES string of the molecule is Cc1c(C(=O)OC2CCCCC2)sc2ncnc(Nc3cccc(Cl)c3)c12. The summed E-state index contributed by atoms with van der Waals surface area (Å²) in [5, 5.41) is 4.77. The Hall–Kier alpha value is -2.18. The predicted octanol–water partition coefficient (Wildman–Crippen LogP) is 5.89. The molecule has 2 heterocycles. The molecule has 3 aromatic rings. The number of carbonyl (C=O) groups is 1. The van der Waals surface area contributed by atoms with Crippen molar-refractivity contribution in [2.45, 2.75) is 45.1 Å². The van der Waals surface area contributed by atoms with Crippen LogP contribution in [0.3, 0.4) is 0 Å². The van der Waals surface area contributed by atoms with Crippen LogP contribution >= 0.6 is 22.9 Å². The van der Waals surface area contributed by atoms with E-state index in [4.69, 9.17) is 16.3 Å². The lowest BCUT2D eigenvalue weighted by molar-refractivity contribution is 0.0216. The smallest absolute Gasteiger partial charge is 0.348 e. The number of rotatable bonds is 4. The molecule has 4 rings (SSSR count). The highest BCUT2D eigenvalue weighted by Gasteiger charge is 2.24. The summed E-state index contributed by atoms with van der Waals surface area (Å²) in [6, 6.07) is 7.43. The van der Waals surface area contributed by atoms with Gasteiger partial charge >= 0.3 is 5.97 Å². The fourth-order valence-electron chi connectivity index (χ4n) is 3.45. The molecule has 1 aliphatic rings. The number of hydrogen-bond donors (Lipinski definition) is 1.